The third-order valence-corrected chi connectivity index (χ3v) is 2.57. The zero-order valence-corrected chi connectivity index (χ0v) is 9.58. The predicted molar refractivity (Wildman–Crippen MR) is 60.4 cm³/mol. The van der Waals surface area contributed by atoms with E-state index in [1.165, 1.54) is 0 Å². The highest BCUT2D eigenvalue weighted by molar-refractivity contribution is 5.34. The Balaban J connectivity index is 2.18. The van der Waals surface area contributed by atoms with Crippen molar-refractivity contribution in [3.63, 3.8) is 0 Å². The number of hydrogen-bond donors (Lipinski definition) is 1. The highest BCUT2D eigenvalue weighted by Crippen LogP contribution is 2.16. The van der Waals surface area contributed by atoms with Crippen LogP contribution in [-0.4, -0.2) is 47.0 Å². The van der Waals surface area contributed by atoms with Crippen LogP contribution in [0.2, 0.25) is 0 Å². The molecule has 1 fully saturated rings. The smallest absolute Gasteiger partial charge is 0.226 e. The zero-order valence-electron chi connectivity index (χ0n) is 9.58. The highest BCUT2D eigenvalue weighted by Gasteiger charge is 2.26. The fourth-order valence-corrected chi connectivity index (χ4v) is 1.87. The highest BCUT2D eigenvalue weighted by atomic mass is 16.5. The van der Waals surface area contributed by atoms with Crippen LogP contribution in [0, 0.1) is 11.3 Å². The number of nitrogens with zero attached hydrogens (tertiary/aromatic N) is 4. The molecule has 2 unspecified atom stereocenters. The first-order chi connectivity index (χ1) is 8.22. The van der Waals surface area contributed by atoms with Crippen LogP contribution in [0.1, 0.15) is 12.6 Å². The molecule has 1 N–H and O–H groups in total. The first kappa shape index (κ1) is 11.8. The second kappa shape index (κ2) is 5.08. The molecule has 2 rings (SSSR count). The SMILES string of the molecule is CC1CN(c2nccc(C#N)n2)CC(CO)O1. The summed E-state index contributed by atoms with van der Waals surface area (Å²) in [6, 6.07) is 3.55. The van der Waals surface area contributed by atoms with Gasteiger partial charge in [-0.15, -0.1) is 0 Å². The van der Waals surface area contributed by atoms with E-state index in [0.717, 1.165) is 0 Å². The molecule has 6 heteroatoms. The average molecular weight is 234 g/mol. The van der Waals surface area contributed by atoms with Crippen molar-refractivity contribution in [3.05, 3.63) is 18.0 Å². The van der Waals surface area contributed by atoms with Crippen LogP contribution in [0.5, 0.6) is 0 Å². The van der Waals surface area contributed by atoms with E-state index in [9.17, 15) is 0 Å². The lowest BCUT2D eigenvalue weighted by Crippen LogP contribution is -2.48. The summed E-state index contributed by atoms with van der Waals surface area (Å²) in [7, 11) is 0. The summed E-state index contributed by atoms with van der Waals surface area (Å²) in [4.78, 5) is 10.2. The molecule has 1 aliphatic rings. The predicted octanol–water partition coefficient (Wildman–Crippen LogP) is -0.0657. The molecule has 1 aliphatic heterocycles. The largest absolute Gasteiger partial charge is 0.394 e. The number of rotatable bonds is 2. The Morgan fingerprint density at radius 2 is 2.47 bits per heavy atom. The quantitative estimate of drug-likeness (QED) is 0.771. The first-order valence-corrected chi connectivity index (χ1v) is 5.47. The maximum Gasteiger partial charge on any atom is 0.226 e. The second-order valence-electron chi connectivity index (χ2n) is 4.01. The molecule has 17 heavy (non-hydrogen) atoms. The molecule has 0 amide bonds. The van der Waals surface area contributed by atoms with Gasteiger partial charge in [0.05, 0.1) is 18.8 Å². The van der Waals surface area contributed by atoms with E-state index in [0.29, 0.717) is 24.7 Å². The minimum absolute atomic E-state index is 0.00948. The van der Waals surface area contributed by atoms with Crippen molar-refractivity contribution in [2.75, 3.05) is 24.6 Å². The Labute approximate surface area is 99.5 Å². The van der Waals surface area contributed by atoms with Crippen molar-refractivity contribution in [2.24, 2.45) is 0 Å². The Hall–Kier alpha value is -1.71. The van der Waals surface area contributed by atoms with Crippen molar-refractivity contribution >= 4 is 5.95 Å². The molecule has 2 atom stereocenters. The van der Waals surface area contributed by atoms with E-state index in [1.807, 2.05) is 17.9 Å². The van der Waals surface area contributed by atoms with E-state index < -0.39 is 0 Å². The summed E-state index contributed by atoms with van der Waals surface area (Å²) in [6.07, 6.45) is 1.35. The Morgan fingerprint density at radius 1 is 1.65 bits per heavy atom. The van der Waals surface area contributed by atoms with Gasteiger partial charge in [0.15, 0.2) is 0 Å². The summed E-state index contributed by atoms with van der Waals surface area (Å²) in [5, 5.41) is 17.9. The van der Waals surface area contributed by atoms with E-state index in [2.05, 4.69) is 9.97 Å². The molecular formula is C11H14N4O2. The standard InChI is InChI=1S/C11H14N4O2/c1-8-5-15(6-10(7-16)17-8)11-13-3-2-9(4-12)14-11/h2-3,8,10,16H,5-7H2,1H3. The van der Waals surface area contributed by atoms with Crippen LogP contribution in [0.15, 0.2) is 12.3 Å². The lowest BCUT2D eigenvalue weighted by atomic mass is 10.2. The Bertz CT molecular complexity index is 432. The van der Waals surface area contributed by atoms with Gasteiger partial charge in [-0.25, -0.2) is 9.97 Å². The summed E-state index contributed by atoms with van der Waals surface area (Å²) in [5.41, 5.74) is 0.342. The number of nitriles is 1. The van der Waals surface area contributed by atoms with Crippen LogP contribution in [0.25, 0.3) is 0 Å². The zero-order chi connectivity index (χ0) is 12.3. The minimum atomic E-state index is -0.229. The van der Waals surface area contributed by atoms with Gasteiger partial charge in [-0.1, -0.05) is 0 Å². The molecule has 1 saturated heterocycles. The molecule has 0 saturated carbocycles. The number of aliphatic hydroxyl groups is 1. The van der Waals surface area contributed by atoms with Gasteiger partial charge in [-0.2, -0.15) is 5.26 Å². The molecule has 0 spiro atoms. The maximum absolute atomic E-state index is 9.13. The monoisotopic (exact) mass is 234 g/mol. The molecule has 1 aromatic rings. The van der Waals surface area contributed by atoms with Gasteiger partial charge in [-0.05, 0) is 13.0 Å². The van der Waals surface area contributed by atoms with Crippen LogP contribution < -0.4 is 4.90 Å². The summed E-state index contributed by atoms with van der Waals surface area (Å²) < 4.78 is 5.53. The van der Waals surface area contributed by atoms with Gasteiger partial charge < -0.3 is 14.7 Å². The normalized spacial score (nSPS) is 24.4. The summed E-state index contributed by atoms with van der Waals surface area (Å²) in [6.45, 7) is 3.10. The number of aliphatic hydroxyl groups excluding tert-OH is 1. The van der Waals surface area contributed by atoms with E-state index in [-0.39, 0.29) is 18.8 Å². The number of hydrogen-bond acceptors (Lipinski definition) is 6. The minimum Gasteiger partial charge on any atom is -0.394 e. The van der Waals surface area contributed by atoms with E-state index in [1.54, 1.807) is 12.3 Å². The van der Waals surface area contributed by atoms with Gasteiger partial charge in [0.2, 0.25) is 5.95 Å². The first-order valence-electron chi connectivity index (χ1n) is 5.47. The molecule has 0 aliphatic carbocycles. The molecule has 0 aromatic carbocycles. The number of morpholine rings is 1. The van der Waals surface area contributed by atoms with Crippen LogP contribution in [-0.2, 0) is 4.74 Å². The summed E-state index contributed by atoms with van der Waals surface area (Å²) >= 11 is 0. The van der Waals surface area contributed by atoms with Gasteiger partial charge >= 0.3 is 0 Å². The molecule has 0 radical (unpaired) electrons. The molecular weight excluding hydrogens is 220 g/mol. The van der Waals surface area contributed by atoms with Gasteiger partial charge in [0.25, 0.3) is 0 Å². The fourth-order valence-electron chi connectivity index (χ4n) is 1.87. The molecule has 0 bridgehead atoms. The van der Waals surface area contributed by atoms with Crippen molar-refractivity contribution in [3.8, 4) is 6.07 Å². The van der Waals surface area contributed by atoms with Crippen molar-refractivity contribution < 1.29 is 9.84 Å². The Morgan fingerprint density at radius 3 is 3.18 bits per heavy atom. The lowest BCUT2D eigenvalue weighted by molar-refractivity contribution is -0.0425. The molecule has 1 aromatic heterocycles. The molecule has 2 heterocycles. The van der Waals surface area contributed by atoms with Gasteiger partial charge in [-0.3, -0.25) is 0 Å². The number of ether oxygens (including phenoxy) is 1. The average Bonchev–Trinajstić information content (AvgIpc) is 2.38. The third kappa shape index (κ3) is 2.70. The van der Waals surface area contributed by atoms with Crippen LogP contribution >= 0.6 is 0 Å². The number of aromatic nitrogens is 2. The fraction of sp³-hybridized carbons (Fsp3) is 0.545. The maximum atomic E-state index is 9.13. The summed E-state index contributed by atoms with van der Waals surface area (Å²) in [5.74, 6) is 0.512. The van der Waals surface area contributed by atoms with E-state index >= 15 is 0 Å². The number of anilines is 1. The van der Waals surface area contributed by atoms with Crippen molar-refractivity contribution in [1.82, 2.24) is 9.97 Å². The molecule has 6 nitrogen and oxygen atoms in total. The Kier molecular flexibility index (Phi) is 3.52. The van der Waals surface area contributed by atoms with Crippen LogP contribution in [0.4, 0.5) is 5.95 Å². The van der Waals surface area contributed by atoms with Gasteiger partial charge in [0.1, 0.15) is 11.8 Å². The van der Waals surface area contributed by atoms with Crippen molar-refractivity contribution in [2.45, 2.75) is 19.1 Å². The van der Waals surface area contributed by atoms with E-state index in [4.69, 9.17) is 15.1 Å². The van der Waals surface area contributed by atoms with Crippen LogP contribution in [0.3, 0.4) is 0 Å². The third-order valence-electron chi connectivity index (χ3n) is 2.57. The lowest BCUT2D eigenvalue weighted by Gasteiger charge is -2.35. The molecule has 90 valence electrons. The van der Waals surface area contributed by atoms with Crippen molar-refractivity contribution in [1.29, 1.82) is 5.26 Å². The topological polar surface area (TPSA) is 82.3 Å². The second-order valence-corrected chi connectivity index (χ2v) is 4.01. The van der Waals surface area contributed by atoms with Gasteiger partial charge in [0, 0.05) is 19.3 Å².